The van der Waals surface area contributed by atoms with Crippen LogP contribution in [0.1, 0.15) is 46.0 Å². The highest BCUT2D eigenvalue weighted by Gasteiger charge is 2.46. The zero-order chi connectivity index (χ0) is 10.8. The Balaban J connectivity index is 2.83. The largest absolute Gasteiger partial charge is 0.393 e. The second kappa shape index (κ2) is 4.63. The van der Waals surface area contributed by atoms with Gasteiger partial charge in [-0.2, -0.15) is 0 Å². The third-order valence-electron chi connectivity index (χ3n) is 3.95. The summed E-state index contributed by atoms with van der Waals surface area (Å²) in [6.45, 7) is 4.19. The molecule has 0 heterocycles. The number of hydrogen-bond acceptors (Lipinski definition) is 2. The van der Waals surface area contributed by atoms with Crippen molar-refractivity contribution in [1.82, 2.24) is 4.90 Å². The minimum absolute atomic E-state index is 0.165. The lowest BCUT2D eigenvalue weighted by atomic mass is 9.73. The monoisotopic (exact) mass is 199 g/mol. The van der Waals surface area contributed by atoms with Crippen LogP contribution in [-0.4, -0.2) is 36.2 Å². The summed E-state index contributed by atoms with van der Waals surface area (Å²) in [5.74, 6) is 0. The second-order valence-electron chi connectivity index (χ2n) is 5.03. The fraction of sp³-hybridized carbons (Fsp3) is 1.00. The SMILES string of the molecule is CCC[C@@]1([C@H](C)O)CCC[C@@H]1N(C)C. The molecule has 1 fully saturated rings. The number of nitrogens with zero attached hydrogens (tertiary/aromatic N) is 1. The molecule has 1 N–H and O–H groups in total. The molecule has 0 aromatic rings. The summed E-state index contributed by atoms with van der Waals surface area (Å²) in [4.78, 5) is 2.30. The molecule has 84 valence electrons. The van der Waals surface area contributed by atoms with Crippen molar-refractivity contribution in [1.29, 1.82) is 0 Å². The van der Waals surface area contributed by atoms with E-state index in [2.05, 4.69) is 25.9 Å². The summed E-state index contributed by atoms with van der Waals surface area (Å²) in [6.07, 6.45) is 5.88. The molecule has 0 aliphatic heterocycles. The Hall–Kier alpha value is -0.0800. The Morgan fingerprint density at radius 1 is 1.50 bits per heavy atom. The van der Waals surface area contributed by atoms with Gasteiger partial charge < -0.3 is 10.0 Å². The summed E-state index contributed by atoms with van der Waals surface area (Å²) in [5.41, 5.74) is 0.165. The van der Waals surface area contributed by atoms with Crippen LogP contribution in [0.15, 0.2) is 0 Å². The second-order valence-corrected chi connectivity index (χ2v) is 5.03. The molecule has 2 nitrogen and oxygen atoms in total. The van der Waals surface area contributed by atoms with Gasteiger partial charge in [0, 0.05) is 11.5 Å². The van der Waals surface area contributed by atoms with Crippen LogP contribution in [0.2, 0.25) is 0 Å². The topological polar surface area (TPSA) is 23.5 Å². The van der Waals surface area contributed by atoms with Crippen molar-refractivity contribution < 1.29 is 5.11 Å². The fourth-order valence-corrected chi connectivity index (χ4v) is 3.30. The van der Waals surface area contributed by atoms with Gasteiger partial charge in [0.2, 0.25) is 0 Å². The molecule has 1 aliphatic carbocycles. The number of hydrogen-bond donors (Lipinski definition) is 1. The predicted molar refractivity (Wildman–Crippen MR) is 60.3 cm³/mol. The van der Waals surface area contributed by atoms with Gasteiger partial charge in [-0.3, -0.25) is 0 Å². The van der Waals surface area contributed by atoms with E-state index >= 15 is 0 Å². The summed E-state index contributed by atoms with van der Waals surface area (Å²) >= 11 is 0. The number of rotatable bonds is 4. The Morgan fingerprint density at radius 3 is 2.57 bits per heavy atom. The van der Waals surface area contributed by atoms with E-state index in [4.69, 9.17) is 0 Å². The molecule has 1 aliphatic rings. The van der Waals surface area contributed by atoms with Crippen LogP contribution in [0.25, 0.3) is 0 Å². The average Bonchev–Trinajstić information content (AvgIpc) is 2.50. The highest BCUT2D eigenvalue weighted by Crippen LogP contribution is 2.46. The molecule has 14 heavy (non-hydrogen) atoms. The zero-order valence-corrected chi connectivity index (χ0v) is 10.1. The van der Waals surface area contributed by atoms with Gasteiger partial charge in [0.1, 0.15) is 0 Å². The molecular weight excluding hydrogens is 174 g/mol. The van der Waals surface area contributed by atoms with E-state index in [9.17, 15) is 5.11 Å². The summed E-state index contributed by atoms with van der Waals surface area (Å²) in [7, 11) is 4.28. The Labute approximate surface area is 88.3 Å². The van der Waals surface area contributed by atoms with Gasteiger partial charge in [0.25, 0.3) is 0 Å². The van der Waals surface area contributed by atoms with E-state index in [0.29, 0.717) is 6.04 Å². The highest BCUT2D eigenvalue weighted by molar-refractivity contribution is 4.99. The molecule has 0 unspecified atom stereocenters. The third-order valence-corrected chi connectivity index (χ3v) is 3.95. The molecule has 0 aromatic heterocycles. The van der Waals surface area contributed by atoms with Gasteiger partial charge in [-0.1, -0.05) is 19.8 Å². The molecule has 0 bridgehead atoms. The first kappa shape index (κ1) is 12.0. The first-order valence-electron chi connectivity index (χ1n) is 5.89. The van der Waals surface area contributed by atoms with Crippen LogP contribution in [0.5, 0.6) is 0 Å². The van der Waals surface area contributed by atoms with Crippen molar-refractivity contribution in [2.75, 3.05) is 14.1 Å². The van der Waals surface area contributed by atoms with Crippen LogP contribution < -0.4 is 0 Å². The van der Waals surface area contributed by atoms with Gasteiger partial charge in [-0.25, -0.2) is 0 Å². The summed E-state index contributed by atoms with van der Waals surface area (Å²) in [6, 6.07) is 0.572. The fourth-order valence-electron chi connectivity index (χ4n) is 3.30. The van der Waals surface area contributed by atoms with Gasteiger partial charge in [0.05, 0.1) is 6.10 Å². The van der Waals surface area contributed by atoms with Crippen molar-refractivity contribution in [2.24, 2.45) is 5.41 Å². The quantitative estimate of drug-likeness (QED) is 0.751. The van der Waals surface area contributed by atoms with Crippen molar-refractivity contribution in [3.63, 3.8) is 0 Å². The third kappa shape index (κ3) is 1.96. The highest BCUT2D eigenvalue weighted by atomic mass is 16.3. The molecule has 0 saturated heterocycles. The van der Waals surface area contributed by atoms with Gasteiger partial charge in [-0.15, -0.1) is 0 Å². The van der Waals surface area contributed by atoms with Gasteiger partial charge >= 0.3 is 0 Å². The molecule has 3 atom stereocenters. The summed E-state index contributed by atoms with van der Waals surface area (Å²) < 4.78 is 0. The molecule has 0 radical (unpaired) electrons. The lowest BCUT2D eigenvalue weighted by molar-refractivity contribution is -0.0126. The molecule has 0 aromatic carbocycles. The first-order chi connectivity index (χ1) is 6.54. The molecule has 1 rings (SSSR count). The van der Waals surface area contributed by atoms with E-state index in [-0.39, 0.29) is 11.5 Å². The lowest BCUT2D eigenvalue weighted by Crippen LogP contribution is -2.47. The molecule has 2 heteroatoms. The van der Waals surface area contributed by atoms with E-state index in [1.807, 2.05) is 6.92 Å². The molecular formula is C12H25NO. The zero-order valence-electron chi connectivity index (χ0n) is 10.1. The Bertz CT molecular complexity index is 179. The smallest absolute Gasteiger partial charge is 0.0583 e. The van der Waals surface area contributed by atoms with E-state index in [1.165, 1.54) is 25.7 Å². The normalized spacial score (nSPS) is 35.1. The van der Waals surface area contributed by atoms with Crippen molar-refractivity contribution in [3.8, 4) is 0 Å². The average molecular weight is 199 g/mol. The van der Waals surface area contributed by atoms with Crippen LogP contribution in [-0.2, 0) is 0 Å². The van der Waals surface area contributed by atoms with Crippen LogP contribution in [0.4, 0.5) is 0 Å². The minimum atomic E-state index is -0.169. The number of aliphatic hydroxyl groups excluding tert-OH is 1. The van der Waals surface area contributed by atoms with E-state index in [0.717, 1.165) is 6.42 Å². The minimum Gasteiger partial charge on any atom is -0.393 e. The van der Waals surface area contributed by atoms with Crippen molar-refractivity contribution in [2.45, 2.75) is 58.1 Å². The van der Waals surface area contributed by atoms with Gasteiger partial charge in [0.15, 0.2) is 0 Å². The molecule has 0 amide bonds. The standard InChI is InChI=1S/C12H25NO/c1-5-8-12(10(2)14)9-6-7-11(12)13(3)4/h10-11,14H,5-9H2,1-4H3/t10-,11-,12-/m0/s1. The van der Waals surface area contributed by atoms with Crippen molar-refractivity contribution >= 4 is 0 Å². The molecule has 1 saturated carbocycles. The Kier molecular flexibility index (Phi) is 3.96. The maximum Gasteiger partial charge on any atom is 0.0583 e. The molecule has 0 spiro atoms. The predicted octanol–water partition coefficient (Wildman–Crippen LogP) is 2.27. The lowest BCUT2D eigenvalue weighted by Gasteiger charge is -2.41. The van der Waals surface area contributed by atoms with E-state index in [1.54, 1.807) is 0 Å². The van der Waals surface area contributed by atoms with Crippen molar-refractivity contribution in [3.05, 3.63) is 0 Å². The first-order valence-corrected chi connectivity index (χ1v) is 5.89. The van der Waals surface area contributed by atoms with Crippen LogP contribution >= 0.6 is 0 Å². The van der Waals surface area contributed by atoms with Crippen LogP contribution in [0, 0.1) is 5.41 Å². The van der Waals surface area contributed by atoms with E-state index < -0.39 is 0 Å². The van der Waals surface area contributed by atoms with Crippen LogP contribution in [0.3, 0.4) is 0 Å². The maximum atomic E-state index is 10.0. The van der Waals surface area contributed by atoms with Gasteiger partial charge in [-0.05, 0) is 40.3 Å². The number of aliphatic hydroxyl groups is 1. The Morgan fingerprint density at radius 2 is 2.14 bits per heavy atom. The maximum absolute atomic E-state index is 10.0. The summed E-state index contributed by atoms with van der Waals surface area (Å²) in [5, 5.41) is 10.0.